The van der Waals surface area contributed by atoms with Crippen molar-refractivity contribution in [2.24, 2.45) is 63.2 Å². The molecule has 6 fully saturated rings. The average Bonchev–Trinajstić information content (AvgIpc) is 1.34. The van der Waals surface area contributed by atoms with Gasteiger partial charge < -0.3 is 167 Å². The van der Waals surface area contributed by atoms with E-state index in [-0.39, 0.29) is 103 Å². The molecule has 6 aliphatic heterocycles. The third-order valence-corrected chi connectivity index (χ3v) is 24.6. The van der Waals surface area contributed by atoms with Gasteiger partial charge in [-0.25, -0.2) is 14.4 Å². The number of benzene rings is 4. The van der Waals surface area contributed by atoms with Gasteiger partial charge in [-0.2, -0.15) is 0 Å². The quantitative estimate of drug-likeness (QED) is 0.00981. The maximum absolute atomic E-state index is 14.4. The molecule has 131 heavy (non-hydrogen) atoms. The highest BCUT2D eigenvalue weighted by Crippen LogP contribution is 2.42. The zero-order chi connectivity index (χ0) is 93.8. The molecule has 34 atom stereocenters. The van der Waals surface area contributed by atoms with Gasteiger partial charge in [0.15, 0.2) is 43.5 Å². The second-order valence-corrected chi connectivity index (χ2v) is 34.2. The SMILES string of the molecule is CC[C@@H]1C=C[C@@H](NC(=O)OCc2ccccc2)[C@@H](O[C@H]2[C@H](O[C@@H]3O[C@H](CO)[C@@H](O[C@H]4O[C@@H](CNC(=O)OCc5ccccc5)C=C[C@H]4NC(=O)OCc4ccccc4)[C@H]3O)[C@@H](O)[C@H](CC(=O)[C@H](C)[C@@H](CN=[N+]=[N-])OCc3ccccc3)C[C@@H]2C)O1.NC[C@@H]1CC[C@@H](N)[C@@H](O[C@H]2[C@H](O[C@@H]3O[C@H](CO)[C@@H](O[C@H]4O[C@@H](CN)CC[C@H]4N)[C@H]3O)[C@@H](O)[C@H](CC(=O)[C@H](O)[C@H](O)CN)C[C@@H]2N)O1. The Balaban J connectivity index is 0.000000303. The molecule has 4 aromatic carbocycles. The van der Waals surface area contributed by atoms with Crippen LogP contribution in [0.1, 0.15) is 101 Å². The van der Waals surface area contributed by atoms with Gasteiger partial charge in [-0.15, -0.1) is 0 Å². The summed E-state index contributed by atoms with van der Waals surface area (Å²) in [7, 11) is 0. The first kappa shape index (κ1) is 103. The molecule has 0 unspecified atom stereocenters. The Kier molecular flexibility index (Phi) is 40.5. The minimum absolute atomic E-state index is 0.00586. The number of nitrogens with one attached hydrogen (secondary N) is 3. The van der Waals surface area contributed by atoms with E-state index in [1.54, 1.807) is 55.5 Å². The molecule has 41 heteroatoms. The van der Waals surface area contributed by atoms with Gasteiger partial charge in [0, 0.05) is 49.3 Å². The highest BCUT2D eigenvalue weighted by molar-refractivity contribution is 5.84. The van der Waals surface area contributed by atoms with Crippen molar-refractivity contribution >= 4 is 29.8 Å². The maximum Gasteiger partial charge on any atom is 0.408 e. The summed E-state index contributed by atoms with van der Waals surface area (Å²) in [6.07, 6.45) is -22.3. The molecule has 4 saturated heterocycles. The Morgan fingerprint density at radius 3 is 1.38 bits per heavy atom. The van der Waals surface area contributed by atoms with Crippen molar-refractivity contribution < 1.29 is 141 Å². The molecule has 0 spiro atoms. The van der Waals surface area contributed by atoms with E-state index in [4.69, 9.17) is 110 Å². The molecule has 0 aromatic heterocycles. The van der Waals surface area contributed by atoms with E-state index < -0.39 is 233 Å². The van der Waals surface area contributed by atoms with Crippen LogP contribution < -0.4 is 50.4 Å². The van der Waals surface area contributed by atoms with Crippen molar-refractivity contribution in [2.75, 3.05) is 45.9 Å². The Hall–Kier alpha value is -8.26. The van der Waals surface area contributed by atoms with E-state index in [0.717, 1.165) is 22.3 Å². The van der Waals surface area contributed by atoms with Gasteiger partial charge in [0.05, 0.1) is 99.9 Å². The minimum atomic E-state index is -1.76. The first-order valence-corrected chi connectivity index (χ1v) is 44.7. The van der Waals surface area contributed by atoms with Crippen molar-refractivity contribution in [2.45, 2.75) is 289 Å². The number of amides is 3. The van der Waals surface area contributed by atoms with E-state index in [0.29, 0.717) is 32.1 Å². The van der Waals surface area contributed by atoms with Crippen LogP contribution in [0.15, 0.2) is 151 Å². The molecule has 8 aliphatic rings. The van der Waals surface area contributed by atoms with E-state index in [1.807, 2.05) is 111 Å². The number of ether oxygens (including phenoxy) is 16. The Labute approximate surface area is 759 Å². The number of hydrogen-bond acceptors (Lipinski definition) is 36. The van der Waals surface area contributed by atoms with Gasteiger partial charge in [-0.05, 0) is 90.5 Å². The fourth-order valence-electron chi connectivity index (χ4n) is 17.0. The molecule has 6 heterocycles. The number of nitrogens with two attached hydrogens (primary N) is 6. The number of azide groups is 1. The number of ketones is 2. The van der Waals surface area contributed by atoms with Crippen LogP contribution in [0.25, 0.3) is 10.4 Å². The lowest BCUT2D eigenvalue weighted by atomic mass is 9.73. The molecular formula is C90H130N12O29. The second-order valence-electron chi connectivity index (χ2n) is 34.2. The van der Waals surface area contributed by atoms with Gasteiger partial charge in [-0.1, -0.05) is 172 Å². The van der Waals surface area contributed by atoms with Crippen LogP contribution in [0.5, 0.6) is 0 Å². The lowest BCUT2D eigenvalue weighted by Gasteiger charge is -2.46. The van der Waals surface area contributed by atoms with Crippen LogP contribution in [0.4, 0.5) is 14.4 Å². The molecule has 2 aliphatic carbocycles. The smallest absolute Gasteiger partial charge is 0.408 e. The van der Waals surface area contributed by atoms with Crippen molar-refractivity contribution in [1.82, 2.24) is 16.0 Å². The lowest BCUT2D eigenvalue weighted by molar-refractivity contribution is -0.291. The summed E-state index contributed by atoms with van der Waals surface area (Å²) in [6.45, 7) is 4.19. The third-order valence-electron chi connectivity index (χ3n) is 24.6. The van der Waals surface area contributed by atoms with Crippen molar-refractivity contribution in [1.29, 1.82) is 0 Å². The molecule has 4 aromatic rings. The van der Waals surface area contributed by atoms with Gasteiger partial charge in [-0.3, -0.25) is 9.59 Å². The monoisotopic (exact) mass is 1840 g/mol. The number of hydrogen-bond donors (Lipinski definition) is 17. The highest BCUT2D eigenvalue weighted by atomic mass is 16.8. The lowest BCUT2D eigenvalue weighted by Crippen LogP contribution is -2.63. The number of alkyl carbamates (subject to hydrolysis) is 3. The number of aliphatic hydroxyl groups is 8. The van der Waals surface area contributed by atoms with Crippen LogP contribution in [0.3, 0.4) is 0 Å². The van der Waals surface area contributed by atoms with Crippen LogP contribution in [0, 0.1) is 23.7 Å². The summed E-state index contributed by atoms with van der Waals surface area (Å²) in [4.78, 5) is 69.5. The zero-order valence-corrected chi connectivity index (χ0v) is 73.6. The number of carbonyl (C=O) groups is 5. The Morgan fingerprint density at radius 1 is 0.496 bits per heavy atom. The summed E-state index contributed by atoms with van der Waals surface area (Å²) < 4.78 is 97.5. The molecule has 3 amide bonds. The van der Waals surface area contributed by atoms with Crippen LogP contribution in [0.2, 0.25) is 0 Å². The van der Waals surface area contributed by atoms with Gasteiger partial charge in [0.25, 0.3) is 0 Å². The van der Waals surface area contributed by atoms with Crippen LogP contribution in [-0.4, -0.2) is 301 Å². The van der Waals surface area contributed by atoms with Gasteiger partial charge >= 0.3 is 18.3 Å². The van der Waals surface area contributed by atoms with E-state index in [1.165, 1.54) is 0 Å². The topological polar surface area (TPSA) is 636 Å². The Morgan fingerprint density at radius 2 is 0.916 bits per heavy atom. The molecule has 0 bridgehead atoms. The summed E-state index contributed by atoms with van der Waals surface area (Å²) in [6, 6.07) is 32.8. The standard InChI is InChI=1S/C62H76N6O17.C28H54N6O12/c1-4-45-25-27-47(66-61(74)78-36-42-21-13-7-14-22-42)57(80-45)83-54-38(2)29-44(30-49(70)39(3)50(32-65-68-63)76-34-40-17-9-5-10-18-40)52(71)56(54)85-59-53(72)55(51(33-69)82-59)84-58-48(67-62(75)79-37-43-23-15-8-16-24-43)28-26-46(81-58)31-64-60(73)77-35-41-19-11-6-12-20-41;29-7-12-1-3-14(32)26(41-12)44-23-16(34)5-11(6-17(36)21(39)18(37)9-31)20(38)25(23)46-28-22(40)24(19(10-35)43-28)45-27-15(33)4-2-13(8-30)42-27/h5-28,38-39,44-48,50-59,69,71-72H,4,29-37H2,1-3H3,(H,64,73)(H,66,74)(H,67,75);11-16,18-28,35,37-40H,1-10,29-34H2/t38-,39-,44-,45+,46+,47+,48+,50+,51+,52-,53+,54+,55+,56+,57+,58+,59-;11-,12-,13+,14+,15+,16-,18+,19+,20-,21-,22+,23+,24+,25+,26+,27+,28-/m00/s1. The van der Waals surface area contributed by atoms with Gasteiger partial charge in [0.1, 0.15) is 98.7 Å². The number of nitrogens with zero attached hydrogens (tertiary/aromatic N) is 3. The molecule has 0 radical (unpaired) electrons. The fraction of sp³-hybridized carbons (Fsp3) is 0.633. The van der Waals surface area contributed by atoms with E-state index >= 15 is 0 Å². The number of aliphatic hydroxyl groups excluding tert-OH is 8. The van der Waals surface area contributed by atoms with Crippen LogP contribution >= 0.6 is 0 Å². The maximum atomic E-state index is 14.4. The van der Waals surface area contributed by atoms with E-state index in [2.05, 4.69) is 26.0 Å². The average molecular weight is 1840 g/mol. The second kappa shape index (κ2) is 51.4. The molecule has 23 N–H and O–H groups in total. The first-order chi connectivity index (χ1) is 63.2. The largest absolute Gasteiger partial charge is 0.445 e. The normalized spacial score (nSPS) is 34.4. The summed E-state index contributed by atoms with van der Waals surface area (Å²) in [5.74, 6) is -3.97. The molecule has 724 valence electrons. The highest BCUT2D eigenvalue weighted by Gasteiger charge is 2.56. The Bertz CT molecular complexity index is 4250. The summed E-state index contributed by atoms with van der Waals surface area (Å²) >= 11 is 0. The number of rotatable bonds is 41. The van der Waals surface area contributed by atoms with E-state index in [9.17, 15) is 70.4 Å². The molecular weight excluding hydrogens is 1710 g/mol. The minimum Gasteiger partial charge on any atom is -0.445 e. The van der Waals surface area contributed by atoms with Crippen LogP contribution in [-0.2, 0) is 112 Å². The third kappa shape index (κ3) is 29.1. The van der Waals surface area contributed by atoms with Crippen molar-refractivity contribution in [3.63, 3.8) is 0 Å². The van der Waals surface area contributed by atoms with Gasteiger partial charge in [0.2, 0.25) is 0 Å². The number of Topliss-reactive ketones (excluding diaryl/α,β-unsaturated/α-hetero) is 2. The predicted octanol–water partition coefficient (Wildman–Crippen LogP) is 1.37. The van der Waals surface area contributed by atoms with Crippen molar-refractivity contribution in [3.05, 3.63) is 178 Å². The predicted molar refractivity (Wildman–Crippen MR) is 464 cm³/mol. The molecule has 2 saturated carbocycles. The zero-order valence-electron chi connectivity index (χ0n) is 73.6. The molecule has 12 rings (SSSR count). The fourth-order valence-corrected chi connectivity index (χ4v) is 17.0. The number of carbonyl (C=O) groups excluding carboxylic acids is 5. The summed E-state index contributed by atoms with van der Waals surface area (Å²) in [5, 5.41) is 101. The van der Waals surface area contributed by atoms with Crippen molar-refractivity contribution in [3.8, 4) is 0 Å². The first-order valence-electron chi connectivity index (χ1n) is 44.7. The summed E-state index contributed by atoms with van der Waals surface area (Å²) in [5.41, 5.74) is 48.4. The molecule has 41 nitrogen and oxygen atoms in total.